The van der Waals surface area contributed by atoms with Crippen LogP contribution in [0.4, 0.5) is 0 Å². The Bertz CT molecular complexity index is 1560. The maximum Gasteiger partial charge on any atom is 0.242 e. The van der Waals surface area contributed by atoms with Gasteiger partial charge in [0.2, 0.25) is 35.4 Å². The molecule has 0 aromatic heterocycles. The van der Waals surface area contributed by atoms with E-state index < -0.39 is 104 Å². The molecule has 0 aromatic rings. The molecule has 398 valence electrons. The van der Waals surface area contributed by atoms with Gasteiger partial charge >= 0.3 is 0 Å². The van der Waals surface area contributed by atoms with Gasteiger partial charge in [-0.3, -0.25) is 33.6 Å². The van der Waals surface area contributed by atoms with Crippen molar-refractivity contribution in [3.05, 3.63) is 0 Å². The molecule has 25 heteroatoms. The van der Waals surface area contributed by atoms with Crippen LogP contribution in [-0.2, 0) is 62.0 Å². The number of nitrogens with one attached hydrogen (secondary N) is 6. The zero-order chi connectivity index (χ0) is 51.3. The highest BCUT2D eigenvalue weighted by atomic mass is 16.7. The summed E-state index contributed by atoms with van der Waals surface area (Å²) in [5.74, 6) is -2.42. The molecule has 6 amide bonds. The van der Waals surface area contributed by atoms with E-state index in [1.165, 1.54) is 13.8 Å². The predicted molar refractivity (Wildman–Crippen MR) is 241 cm³/mol. The number of aliphatic hydroxyl groups is 6. The molecule has 25 nitrogen and oxygen atoms in total. The number of carbonyl (C=O) groups excluding carboxylic acids is 7. The molecule has 11 unspecified atom stereocenters. The summed E-state index contributed by atoms with van der Waals surface area (Å²) < 4.78 is 33.2. The highest BCUT2D eigenvalue weighted by molar-refractivity contribution is 5.88. The Morgan fingerprint density at radius 3 is 1.49 bits per heavy atom. The van der Waals surface area contributed by atoms with Crippen LogP contribution in [0.1, 0.15) is 91.9 Å². The Labute approximate surface area is 402 Å². The van der Waals surface area contributed by atoms with Gasteiger partial charge in [-0.25, -0.2) is 0 Å². The van der Waals surface area contributed by atoms with Crippen LogP contribution in [0, 0.1) is 5.92 Å². The highest BCUT2D eigenvalue weighted by Gasteiger charge is 2.46. The van der Waals surface area contributed by atoms with Crippen molar-refractivity contribution in [1.82, 2.24) is 31.9 Å². The van der Waals surface area contributed by atoms with Crippen molar-refractivity contribution in [2.75, 3.05) is 72.5 Å². The molecule has 0 spiro atoms. The summed E-state index contributed by atoms with van der Waals surface area (Å²) in [6.45, 7) is 5.46. The smallest absolute Gasteiger partial charge is 0.242 e. The number of hydrogen-bond acceptors (Lipinski definition) is 19. The van der Waals surface area contributed by atoms with Crippen molar-refractivity contribution in [1.29, 1.82) is 0 Å². The van der Waals surface area contributed by atoms with Gasteiger partial charge < -0.3 is 91.0 Å². The van der Waals surface area contributed by atoms with Gasteiger partial charge in [0.1, 0.15) is 60.5 Å². The second kappa shape index (κ2) is 34.4. The number of amides is 6. The third kappa shape index (κ3) is 24.1. The van der Waals surface area contributed by atoms with Gasteiger partial charge in [-0.05, 0) is 25.7 Å². The predicted octanol–water partition coefficient (Wildman–Crippen LogP) is -4.10. The lowest BCUT2D eigenvalue weighted by Crippen LogP contribution is -2.64. The fraction of sp³-hybridized carbons (Fsp3) is 0.841. The van der Waals surface area contributed by atoms with Crippen LogP contribution in [0.5, 0.6) is 0 Å². The third-order valence-corrected chi connectivity index (χ3v) is 11.1. The molecule has 11 atom stereocenters. The zero-order valence-corrected chi connectivity index (χ0v) is 40.3. The Balaban J connectivity index is 1.73. The van der Waals surface area contributed by atoms with Gasteiger partial charge in [-0.15, -0.1) is 0 Å². The molecule has 0 aliphatic carbocycles. The minimum absolute atomic E-state index is 0.000574. The Hall–Kier alpha value is -3.99. The fourth-order valence-corrected chi connectivity index (χ4v) is 7.20. The average molecular weight is 995 g/mol. The summed E-state index contributed by atoms with van der Waals surface area (Å²) in [7, 11) is 0. The number of unbranched alkanes of at least 4 members (excludes halogenated alkanes) is 3. The van der Waals surface area contributed by atoms with Gasteiger partial charge in [0.25, 0.3) is 0 Å². The Kier molecular flexibility index (Phi) is 30.4. The minimum atomic E-state index is -1.47. The number of rotatable bonds is 35. The van der Waals surface area contributed by atoms with Crippen LogP contribution in [0.15, 0.2) is 0 Å². The quantitative estimate of drug-likeness (QED) is 0.0269. The Morgan fingerprint density at radius 1 is 0.536 bits per heavy atom. The summed E-state index contributed by atoms with van der Waals surface area (Å²) in [5.41, 5.74) is 0. The van der Waals surface area contributed by atoms with E-state index >= 15 is 0 Å². The molecule has 2 aliphatic heterocycles. The second-order valence-corrected chi connectivity index (χ2v) is 17.1. The normalized spacial score (nSPS) is 25.0. The number of hydrogen-bond donors (Lipinski definition) is 12. The molecule has 0 bridgehead atoms. The van der Waals surface area contributed by atoms with Crippen LogP contribution < -0.4 is 31.9 Å². The van der Waals surface area contributed by atoms with Gasteiger partial charge in [-0.2, -0.15) is 0 Å². The average Bonchev–Trinajstić information content (AvgIpc) is 3.30. The molecule has 2 saturated heterocycles. The zero-order valence-electron chi connectivity index (χ0n) is 40.3. The topological polar surface area (TPSA) is 368 Å². The summed E-state index contributed by atoms with van der Waals surface area (Å²) in [6.07, 6.45) is -6.75. The summed E-state index contributed by atoms with van der Waals surface area (Å²) >= 11 is 0. The Morgan fingerprint density at radius 2 is 1.00 bits per heavy atom. The SMILES string of the molecule is CC(=O)NC1C(OCCOCCNC(=O)CCCNC(=O)CCC(NC(=O)CCCCCCC(=O)C(C)C)C(=O)NCCOCCOC2OC(CO)C(O)C(O)C2NC(C)=O)OC(CO)C(O)C1O. The van der Waals surface area contributed by atoms with Gasteiger partial charge in [-0.1, -0.05) is 26.7 Å². The van der Waals surface area contributed by atoms with E-state index in [1.807, 2.05) is 13.8 Å². The van der Waals surface area contributed by atoms with Crippen LogP contribution in [-0.4, -0.2) is 212 Å². The highest BCUT2D eigenvalue weighted by Crippen LogP contribution is 2.23. The van der Waals surface area contributed by atoms with E-state index in [-0.39, 0.29) is 108 Å². The molecule has 2 heterocycles. The molecule has 0 radical (unpaired) electrons. The van der Waals surface area contributed by atoms with Crippen molar-refractivity contribution in [2.24, 2.45) is 5.92 Å². The largest absolute Gasteiger partial charge is 0.394 e. The van der Waals surface area contributed by atoms with E-state index in [2.05, 4.69) is 31.9 Å². The molecule has 0 saturated carbocycles. The summed E-state index contributed by atoms with van der Waals surface area (Å²) in [5, 5.41) is 75.7. The number of ether oxygens (including phenoxy) is 6. The van der Waals surface area contributed by atoms with Crippen molar-refractivity contribution in [3.8, 4) is 0 Å². The van der Waals surface area contributed by atoms with E-state index in [1.54, 1.807) is 0 Å². The third-order valence-electron chi connectivity index (χ3n) is 11.1. The minimum Gasteiger partial charge on any atom is -0.394 e. The number of ketones is 1. The molecule has 2 rings (SSSR count). The summed E-state index contributed by atoms with van der Waals surface area (Å²) in [6, 6.07) is -3.25. The molecule has 12 N–H and O–H groups in total. The van der Waals surface area contributed by atoms with Crippen molar-refractivity contribution in [3.63, 3.8) is 0 Å². The van der Waals surface area contributed by atoms with E-state index in [0.717, 1.165) is 19.3 Å². The van der Waals surface area contributed by atoms with Crippen LogP contribution in [0.2, 0.25) is 0 Å². The lowest BCUT2D eigenvalue weighted by atomic mass is 9.97. The van der Waals surface area contributed by atoms with E-state index in [0.29, 0.717) is 19.3 Å². The van der Waals surface area contributed by atoms with Gasteiger partial charge in [0, 0.05) is 65.1 Å². The molecule has 2 fully saturated rings. The fourth-order valence-electron chi connectivity index (χ4n) is 7.20. The van der Waals surface area contributed by atoms with Crippen LogP contribution in [0.25, 0.3) is 0 Å². The van der Waals surface area contributed by atoms with Gasteiger partial charge in [0.15, 0.2) is 12.6 Å². The molecular weight excluding hydrogens is 917 g/mol. The lowest BCUT2D eigenvalue weighted by Gasteiger charge is -2.42. The maximum absolute atomic E-state index is 13.2. The van der Waals surface area contributed by atoms with E-state index in [9.17, 15) is 64.2 Å². The van der Waals surface area contributed by atoms with Gasteiger partial charge in [0.05, 0.1) is 52.9 Å². The number of carbonyl (C=O) groups is 7. The number of Topliss-reactive ketones (excluding diaryl/α,β-unsaturated/α-hetero) is 1. The molecule has 69 heavy (non-hydrogen) atoms. The molecule has 0 aromatic carbocycles. The first-order valence-electron chi connectivity index (χ1n) is 23.7. The lowest BCUT2D eigenvalue weighted by molar-refractivity contribution is -0.272. The first-order chi connectivity index (χ1) is 32.9. The van der Waals surface area contributed by atoms with E-state index in [4.69, 9.17) is 28.4 Å². The second-order valence-electron chi connectivity index (χ2n) is 17.1. The first-order valence-corrected chi connectivity index (χ1v) is 23.7. The van der Waals surface area contributed by atoms with Crippen molar-refractivity contribution >= 4 is 41.2 Å². The summed E-state index contributed by atoms with van der Waals surface area (Å²) in [4.78, 5) is 86.3. The maximum atomic E-state index is 13.2. The number of aliphatic hydroxyl groups excluding tert-OH is 6. The van der Waals surface area contributed by atoms with Crippen molar-refractivity contribution < 1.29 is 92.6 Å². The van der Waals surface area contributed by atoms with Crippen LogP contribution >= 0.6 is 0 Å². The monoisotopic (exact) mass is 995 g/mol. The molecule has 2 aliphatic rings. The molecular formula is C44H78N6O19. The first kappa shape index (κ1) is 61.1. The van der Waals surface area contributed by atoms with Crippen molar-refractivity contribution in [2.45, 2.75) is 159 Å². The standard InChI is InChI=1S/C44H78N6O19/c1-26(2)30(55)10-7-5-6-8-11-35(58)50-29(42(63)47-17-19-65-21-23-67-44-37(49-28(4)54)41(62)39(60)32(25-52)69-44)13-14-34(57)45-15-9-12-33(56)46-16-18-64-20-22-66-43-36(48-27(3)53)40(61)38(59)31(24-51)68-43/h26,29,31-32,36-41,43-44,51-52,59-62H,5-25H2,1-4H3,(H,45,57)(H,46,56)(H,47,63)(H,48,53)(H,49,54)(H,50,58). The van der Waals surface area contributed by atoms with Crippen LogP contribution in [0.3, 0.4) is 0 Å².